The minimum Gasteiger partial charge on any atom is -0.481 e. The molecule has 0 radical (unpaired) electrons. The first-order valence-electron chi connectivity index (χ1n) is 6.97. The van der Waals surface area contributed by atoms with Crippen LogP contribution in [0.15, 0.2) is 48.8 Å². The van der Waals surface area contributed by atoms with Gasteiger partial charge in [-0.15, -0.1) is 0 Å². The lowest BCUT2D eigenvalue weighted by molar-refractivity contribution is -0.125. The Morgan fingerprint density at radius 1 is 1.30 bits per heavy atom. The van der Waals surface area contributed by atoms with Crippen LogP contribution in [0.4, 0.5) is 4.39 Å². The van der Waals surface area contributed by atoms with Gasteiger partial charge < -0.3 is 20.3 Å². The number of rotatable bonds is 7. The molecule has 0 spiro atoms. The van der Waals surface area contributed by atoms with Crippen molar-refractivity contribution in [2.45, 2.75) is 12.1 Å². The minimum absolute atomic E-state index is 0.0454. The Morgan fingerprint density at radius 3 is 2.74 bits per heavy atom. The van der Waals surface area contributed by atoms with Crippen LogP contribution in [0.2, 0.25) is 0 Å². The van der Waals surface area contributed by atoms with Gasteiger partial charge in [0.2, 0.25) is 0 Å². The summed E-state index contributed by atoms with van der Waals surface area (Å²) in [5, 5.41) is 21.9. The number of amides is 1. The van der Waals surface area contributed by atoms with Gasteiger partial charge in [0, 0.05) is 18.0 Å². The number of hydrogen-bond donors (Lipinski definition) is 3. The van der Waals surface area contributed by atoms with Crippen molar-refractivity contribution in [2.75, 3.05) is 13.2 Å². The first-order chi connectivity index (χ1) is 11.1. The Labute approximate surface area is 132 Å². The Bertz CT molecular complexity index is 639. The fraction of sp³-hybridized carbons (Fsp3) is 0.250. The number of ether oxygens (including phenoxy) is 1. The van der Waals surface area contributed by atoms with Crippen molar-refractivity contribution >= 4 is 5.91 Å². The Hall–Kier alpha value is -2.51. The van der Waals surface area contributed by atoms with Gasteiger partial charge in [-0.1, -0.05) is 18.2 Å². The second-order valence-electron chi connectivity index (χ2n) is 4.81. The molecule has 1 amide bonds. The Balaban J connectivity index is 1.91. The second kappa shape index (κ2) is 8.21. The Morgan fingerprint density at radius 2 is 2.09 bits per heavy atom. The van der Waals surface area contributed by atoms with Crippen molar-refractivity contribution in [1.29, 1.82) is 0 Å². The average molecular weight is 320 g/mol. The fourth-order valence-electron chi connectivity index (χ4n) is 1.96. The first kappa shape index (κ1) is 16.9. The lowest BCUT2D eigenvalue weighted by Crippen LogP contribution is -2.44. The van der Waals surface area contributed by atoms with Gasteiger partial charge in [0.05, 0.1) is 12.6 Å². The molecule has 7 heteroatoms. The van der Waals surface area contributed by atoms with Gasteiger partial charge >= 0.3 is 0 Å². The van der Waals surface area contributed by atoms with E-state index in [0.717, 1.165) is 0 Å². The normalized spacial score (nSPS) is 13.2. The summed E-state index contributed by atoms with van der Waals surface area (Å²) in [6.07, 6.45) is 1.87. The van der Waals surface area contributed by atoms with Gasteiger partial charge in [-0.05, 0) is 18.2 Å². The highest BCUT2D eigenvalue weighted by atomic mass is 19.1. The first-order valence-corrected chi connectivity index (χ1v) is 6.97. The molecule has 1 heterocycles. The summed E-state index contributed by atoms with van der Waals surface area (Å²) in [5.41, 5.74) is 0.460. The third-order valence-corrected chi connectivity index (χ3v) is 3.15. The zero-order chi connectivity index (χ0) is 16.7. The average Bonchev–Trinajstić information content (AvgIpc) is 2.59. The molecule has 0 aliphatic rings. The van der Waals surface area contributed by atoms with E-state index in [0.29, 0.717) is 5.56 Å². The van der Waals surface area contributed by atoms with Crippen molar-refractivity contribution in [3.8, 4) is 5.75 Å². The predicted molar refractivity (Wildman–Crippen MR) is 80.1 cm³/mol. The van der Waals surface area contributed by atoms with Crippen LogP contribution in [0.1, 0.15) is 11.7 Å². The summed E-state index contributed by atoms with van der Waals surface area (Å²) in [5.74, 6) is -1.21. The van der Waals surface area contributed by atoms with Crippen molar-refractivity contribution in [3.05, 3.63) is 60.2 Å². The largest absolute Gasteiger partial charge is 0.481 e. The van der Waals surface area contributed by atoms with Crippen LogP contribution < -0.4 is 10.1 Å². The van der Waals surface area contributed by atoms with Crippen molar-refractivity contribution in [2.24, 2.45) is 0 Å². The van der Waals surface area contributed by atoms with E-state index < -0.39 is 37.1 Å². The fourth-order valence-corrected chi connectivity index (χ4v) is 1.96. The van der Waals surface area contributed by atoms with E-state index in [9.17, 15) is 19.4 Å². The van der Waals surface area contributed by atoms with E-state index in [1.807, 2.05) is 0 Å². The maximum absolute atomic E-state index is 13.4. The van der Waals surface area contributed by atoms with E-state index in [4.69, 9.17) is 4.74 Å². The molecule has 0 saturated carbocycles. The molecule has 1 aromatic heterocycles. The number of pyridine rings is 1. The number of aliphatic hydroxyl groups excluding tert-OH is 2. The molecular weight excluding hydrogens is 303 g/mol. The van der Waals surface area contributed by atoms with Crippen LogP contribution in [0.25, 0.3) is 0 Å². The number of para-hydroxylation sites is 1. The van der Waals surface area contributed by atoms with Crippen LogP contribution in [-0.2, 0) is 4.79 Å². The smallest absolute Gasteiger partial charge is 0.258 e. The van der Waals surface area contributed by atoms with Crippen LogP contribution >= 0.6 is 0 Å². The van der Waals surface area contributed by atoms with E-state index in [2.05, 4.69) is 10.3 Å². The molecule has 0 fully saturated rings. The molecule has 0 aliphatic heterocycles. The molecule has 6 nitrogen and oxygen atoms in total. The quantitative estimate of drug-likeness (QED) is 0.702. The highest BCUT2D eigenvalue weighted by Gasteiger charge is 2.22. The number of nitrogens with one attached hydrogen (secondary N) is 1. The highest BCUT2D eigenvalue weighted by molar-refractivity contribution is 5.78. The minimum atomic E-state index is -1.12. The molecule has 1 aromatic carbocycles. The van der Waals surface area contributed by atoms with Crippen molar-refractivity contribution in [3.63, 3.8) is 0 Å². The monoisotopic (exact) mass is 320 g/mol. The summed E-state index contributed by atoms with van der Waals surface area (Å²) in [6.45, 7) is -0.904. The molecule has 2 unspecified atom stereocenters. The molecule has 2 rings (SSSR count). The van der Waals surface area contributed by atoms with Crippen LogP contribution in [0.5, 0.6) is 5.75 Å². The van der Waals surface area contributed by atoms with E-state index >= 15 is 0 Å². The molecule has 2 atom stereocenters. The second-order valence-corrected chi connectivity index (χ2v) is 4.81. The van der Waals surface area contributed by atoms with Gasteiger partial charge in [-0.3, -0.25) is 9.78 Å². The number of carbonyl (C=O) groups excluding carboxylic acids is 1. The van der Waals surface area contributed by atoms with Gasteiger partial charge in [-0.25, -0.2) is 4.39 Å². The number of benzene rings is 1. The SMILES string of the molecule is O=C(COc1ccccc1F)NC(CO)C(O)c1cccnc1. The third kappa shape index (κ3) is 4.73. The number of carbonyl (C=O) groups is 1. The number of halogens is 1. The van der Waals surface area contributed by atoms with Crippen molar-refractivity contribution < 1.29 is 24.1 Å². The van der Waals surface area contributed by atoms with Crippen LogP contribution in [0, 0.1) is 5.82 Å². The predicted octanol–water partition coefficient (Wildman–Crippen LogP) is 0.810. The molecule has 122 valence electrons. The van der Waals surface area contributed by atoms with E-state index in [-0.39, 0.29) is 5.75 Å². The summed E-state index contributed by atoms with van der Waals surface area (Å²) >= 11 is 0. The van der Waals surface area contributed by atoms with Crippen LogP contribution in [-0.4, -0.2) is 40.4 Å². The summed E-state index contributed by atoms with van der Waals surface area (Å²) in [7, 11) is 0. The number of hydrogen-bond acceptors (Lipinski definition) is 5. The third-order valence-electron chi connectivity index (χ3n) is 3.15. The zero-order valence-corrected chi connectivity index (χ0v) is 12.2. The lowest BCUT2D eigenvalue weighted by atomic mass is 10.0. The number of aromatic nitrogens is 1. The van der Waals surface area contributed by atoms with E-state index in [1.54, 1.807) is 24.4 Å². The number of nitrogens with zero attached hydrogens (tertiary/aromatic N) is 1. The van der Waals surface area contributed by atoms with Gasteiger partial charge in [0.15, 0.2) is 18.2 Å². The van der Waals surface area contributed by atoms with Gasteiger partial charge in [0.1, 0.15) is 6.10 Å². The van der Waals surface area contributed by atoms with E-state index in [1.165, 1.54) is 24.4 Å². The standard InChI is InChI=1S/C16H17FN2O4/c17-12-5-1-2-6-14(12)23-10-15(21)19-13(9-20)16(22)11-4-3-7-18-8-11/h1-8,13,16,20,22H,9-10H2,(H,19,21). The van der Waals surface area contributed by atoms with Gasteiger partial charge in [-0.2, -0.15) is 0 Å². The summed E-state index contributed by atoms with van der Waals surface area (Å²) < 4.78 is 18.4. The molecule has 0 bridgehead atoms. The topological polar surface area (TPSA) is 91.7 Å². The molecule has 2 aromatic rings. The van der Waals surface area contributed by atoms with Crippen molar-refractivity contribution in [1.82, 2.24) is 10.3 Å². The molecular formula is C16H17FN2O4. The highest BCUT2D eigenvalue weighted by Crippen LogP contribution is 2.16. The number of aliphatic hydroxyl groups is 2. The molecule has 23 heavy (non-hydrogen) atoms. The maximum Gasteiger partial charge on any atom is 0.258 e. The zero-order valence-electron chi connectivity index (χ0n) is 12.2. The Kier molecular flexibility index (Phi) is 6.02. The summed E-state index contributed by atoms with van der Waals surface area (Å²) in [4.78, 5) is 15.7. The molecule has 3 N–H and O–H groups in total. The maximum atomic E-state index is 13.4. The van der Waals surface area contributed by atoms with Crippen LogP contribution in [0.3, 0.4) is 0 Å². The lowest BCUT2D eigenvalue weighted by Gasteiger charge is -2.22. The molecule has 0 aliphatic carbocycles. The molecule has 0 saturated heterocycles. The summed E-state index contributed by atoms with van der Waals surface area (Å²) in [6, 6.07) is 8.05. The van der Waals surface area contributed by atoms with Gasteiger partial charge in [0.25, 0.3) is 5.91 Å².